The molecule has 14 nitrogen and oxygen atoms in total. The number of nitrogens with zero attached hydrogens (tertiary/aromatic N) is 7. The molecule has 0 aliphatic carbocycles. The number of halogens is 1. The van der Waals surface area contributed by atoms with Crippen LogP contribution in [0.4, 0.5) is 4.39 Å². The molecule has 4 aromatic heterocycles. The van der Waals surface area contributed by atoms with Crippen LogP contribution in [0.3, 0.4) is 0 Å². The number of hydrogen-bond donors (Lipinski definition) is 2. The summed E-state index contributed by atoms with van der Waals surface area (Å²) in [7, 11) is 1.28. The van der Waals surface area contributed by atoms with Gasteiger partial charge in [-0.15, -0.1) is 0 Å². The molecular weight excluding hydrogens is 736 g/mol. The minimum Gasteiger partial charge on any atom is -0.477 e. The van der Waals surface area contributed by atoms with Gasteiger partial charge in [0.2, 0.25) is 5.88 Å². The molecule has 56 heavy (non-hydrogen) atoms. The summed E-state index contributed by atoms with van der Waals surface area (Å²) >= 11 is 0. The molecule has 0 saturated carbocycles. The lowest BCUT2D eigenvalue weighted by Gasteiger charge is -2.37. The fraction of sp³-hybridized carbons (Fsp3) is 0.575. The van der Waals surface area contributed by atoms with E-state index in [1.165, 1.54) is 10.7 Å². The van der Waals surface area contributed by atoms with Gasteiger partial charge >= 0.3 is 5.97 Å². The molecule has 1 unspecified atom stereocenters. The highest BCUT2D eigenvalue weighted by molar-refractivity contribution is 6.74. The van der Waals surface area contributed by atoms with Crippen LogP contribution in [0.2, 0.25) is 18.1 Å². The van der Waals surface area contributed by atoms with E-state index in [-0.39, 0.29) is 47.2 Å². The highest BCUT2D eigenvalue weighted by Crippen LogP contribution is 2.41. The molecule has 1 aliphatic heterocycles. The summed E-state index contributed by atoms with van der Waals surface area (Å²) in [5.41, 5.74) is 4.05. The van der Waals surface area contributed by atoms with Crippen molar-refractivity contribution in [1.82, 2.24) is 39.6 Å². The van der Waals surface area contributed by atoms with Crippen LogP contribution in [-0.2, 0) is 27.6 Å². The third kappa shape index (κ3) is 7.99. The Hall–Kier alpha value is -4.22. The zero-order valence-electron chi connectivity index (χ0n) is 34.6. The van der Waals surface area contributed by atoms with E-state index in [1.807, 2.05) is 45.5 Å². The van der Waals surface area contributed by atoms with E-state index >= 15 is 4.39 Å². The Labute approximate surface area is 328 Å². The van der Waals surface area contributed by atoms with Gasteiger partial charge in [0.15, 0.2) is 26.1 Å². The molecule has 1 fully saturated rings. The Morgan fingerprint density at radius 1 is 1.14 bits per heavy atom. The Kier molecular flexibility index (Phi) is 12.1. The lowest BCUT2D eigenvalue weighted by Crippen LogP contribution is -2.42. The van der Waals surface area contributed by atoms with Crippen molar-refractivity contribution in [2.45, 2.75) is 111 Å². The summed E-state index contributed by atoms with van der Waals surface area (Å²) in [5.74, 6) is -1.33. The maximum absolute atomic E-state index is 16.4. The molecule has 3 atom stereocenters. The van der Waals surface area contributed by atoms with Gasteiger partial charge in [-0.25, -0.2) is 18.5 Å². The highest BCUT2D eigenvalue weighted by atomic mass is 28.4. The fourth-order valence-electron chi connectivity index (χ4n) is 7.03. The van der Waals surface area contributed by atoms with E-state index in [0.717, 1.165) is 31.3 Å². The van der Waals surface area contributed by atoms with E-state index in [4.69, 9.17) is 33.8 Å². The van der Waals surface area contributed by atoms with Crippen LogP contribution in [0.5, 0.6) is 5.88 Å². The summed E-state index contributed by atoms with van der Waals surface area (Å²) < 4.78 is 46.0. The lowest BCUT2D eigenvalue weighted by atomic mass is 10.0. The van der Waals surface area contributed by atoms with Crippen molar-refractivity contribution in [1.29, 1.82) is 0 Å². The number of ether oxygens (including phenoxy) is 3. The molecule has 304 valence electrons. The Morgan fingerprint density at radius 3 is 2.54 bits per heavy atom. The fourth-order valence-corrected chi connectivity index (χ4v) is 8.12. The molecular formula is C40H57FN8O6Si. The maximum atomic E-state index is 16.4. The van der Waals surface area contributed by atoms with Crippen LogP contribution >= 0.6 is 0 Å². The van der Waals surface area contributed by atoms with Crippen LogP contribution in [-0.4, -0.2) is 93.2 Å². The topological polar surface area (TPSA) is 153 Å². The molecule has 16 heteroatoms. The number of fused-ring (bicyclic) bond motifs is 2. The van der Waals surface area contributed by atoms with E-state index in [1.54, 1.807) is 17.9 Å². The second-order valence-electron chi connectivity index (χ2n) is 16.4. The van der Waals surface area contributed by atoms with Gasteiger partial charge in [-0.05, 0) is 82.9 Å². The molecule has 6 rings (SSSR count). The SMILES string of the molecule is CCNC[C@H](C)Oc1c(-c2cc3c(-c4cc(F)c5nn([C@@H](C)CO[Si](C)(C)C(C)(C)C)c(C(=O)O)c5c4)nn(C4CCCCO4)c3c(C)n2)c(COC)nn1C. The highest BCUT2D eigenvalue weighted by Gasteiger charge is 2.38. The van der Waals surface area contributed by atoms with Crippen molar-refractivity contribution >= 4 is 36.1 Å². The molecule has 0 bridgehead atoms. The summed E-state index contributed by atoms with van der Waals surface area (Å²) in [6.45, 7) is 21.0. The third-order valence-corrected chi connectivity index (χ3v) is 15.5. The van der Waals surface area contributed by atoms with Gasteiger partial charge in [0, 0.05) is 43.6 Å². The zero-order chi connectivity index (χ0) is 40.7. The van der Waals surface area contributed by atoms with E-state index in [0.29, 0.717) is 58.3 Å². The second kappa shape index (κ2) is 16.3. The Bertz CT molecular complexity index is 2220. The normalized spacial score (nSPS) is 16.5. The number of pyridine rings is 1. The minimum absolute atomic E-state index is 0.0312. The number of likely N-dealkylation sites (N-methyl/N-ethyl adjacent to an activating group) is 1. The molecule has 0 radical (unpaired) electrons. The predicted octanol–water partition coefficient (Wildman–Crippen LogP) is 7.80. The zero-order valence-corrected chi connectivity index (χ0v) is 35.6. The van der Waals surface area contributed by atoms with Gasteiger partial charge in [0.1, 0.15) is 23.0 Å². The number of carboxylic acid groups (broad SMARTS) is 1. The molecule has 1 saturated heterocycles. The van der Waals surface area contributed by atoms with Crippen LogP contribution in [0, 0.1) is 12.7 Å². The van der Waals surface area contributed by atoms with Crippen LogP contribution in [0.15, 0.2) is 18.2 Å². The average molecular weight is 793 g/mol. The second-order valence-corrected chi connectivity index (χ2v) is 21.2. The van der Waals surface area contributed by atoms with E-state index < -0.39 is 26.1 Å². The third-order valence-electron chi connectivity index (χ3n) is 11.0. The number of benzene rings is 1. The molecule has 5 heterocycles. The van der Waals surface area contributed by atoms with Crippen molar-refractivity contribution in [2.75, 3.05) is 33.4 Å². The van der Waals surface area contributed by atoms with Gasteiger partial charge in [-0.1, -0.05) is 27.7 Å². The summed E-state index contributed by atoms with van der Waals surface area (Å²) in [6.07, 6.45) is 2.13. The lowest BCUT2D eigenvalue weighted by molar-refractivity contribution is -0.0366. The standard InChI is InChI=1S/C40H57FN8O6Si/c1-12-42-20-24(3)55-38-33(31(22-52-9)44-47(38)8)30-19-28-34(45-49(36(28)25(4)43-30)32-15-13-14-16-53-32)26-17-27-35(29(41)18-26)46-48(37(27)39(50)51)23(2)21-54-56(10,11)40(5,6)7/h17-19,23-24,32,42H,12-16,20-22H2,1-11H3,(H,50,51)/t23-,24-,32?/m0/s1. The van der Waals surface area contributed by atoms with Crippen molar-refractivity contribution in [3.63, 3.8) is 0 Å². The van der Waals surface area contributed by atoms with Crippen LogP contribution in [0.25, 0.3) is 44.3 Å². The van der Waals surface area contributed by atoms with Crippen molar-refractivity contribution in [3.05, 3.63) is 41.1 Å². The number of aromatic nitrogens is 7. The number of methoxy groups -OCH3 is 1. The molecule has 0 amide bonds. The van der Waals surface area contributed by atoms with Gasteiger partial charge < -0.3 is 29.1 Å². The van der Waals surface area contributed by atoms with Crippen molar-refractivity contribution in [2.24, 2.45) is 7.05 Å². The monoisotopic (exact) mass is 792 g/mol. The number of carbonyl (C=O) groups is 1. The minimum atomic E-state index is -2.16. The van der Waals surface area contributed by atoms with Gasteiger partial charge in [0.25, 0.3) is 0 Å². The summed E-state index contributed by atoms with van der Waals surface area (Å²) in [6, 6.07) is 4.50. The summed E-state index contributed by atoms with van der Waals surface area (Å²) in [5, 5.41) is 29.1. The first-order chi connectivity index (χ1) is 26.5. The van der Waals surface area contributed by atoms with Gasteiger partial charge in [-0.3, -0.25) is 9.67 Å². The maximum Gasteiger partial charge on any atom is 0.354 e. The van der Waals surface area contributed by atoms with Gasteiger partial charge in [0.05, 0.1) is 41.7 Å². The number of aryl methyl sites for hydroxylation is 2. The number of rotatable bonds is 15. The number of hydrogen-bond acceptors (Lipinski definition) is 10. The molecule has 0 spiro atoms. The Morgan fingerprint density at radius 2 is 1.89 bits per heavy atom. The number of carboxylic acids is 1. The van der Waals surface area contributed by atoms with Crippen LogP contribution in [0.1, 0.15) is 95.0 Å². The first kappa shape index (κ1) is 41.4. The number of aromatic carboxylic acids is 1. The summed E-state index contributed by atoms with van der Waals surface area (Å²) in [4.78, 5) is 18.1. The first-order valence-electron chi connectivity index (χ1n) is 19.5. The van der Waals surface area contributed by atoms with Crippen LogP contribution < -0.4 is 10.1 Å². The van der Waals surface area contributed by atoms with E-state index in [9.17, 15) is 9.90 Å². The molecule has 1 aliphatic rings. The molecule has 2 N–H and O–H groups in total. The number of nitrogens with one attached hydrogen (secondary N) is 1. The first-order valence-corrected chi connectivity index (χ1v) is 22.4. The molecule has 5 aromatic rings. The molecule has 1 aromatic carbocycles. The quantitative estimate of drug-likeness (QED) is 0.0999. The average Bonchev–Trinajstić information content (AvgIpc) is 3.81. The predicted molar refractivity (Wildman–Crippen MR) is 216 cm³/mol. The largest absolute Gasteiger partial charge is 0.477 e. The van der Waals surface area contributed by atoms with E-state index in [2.05, 4.69) is 44.3 Å². The Balaban J connectivity index is 1.54. The van der Waals surface area contributed by atoms with Crippen molar-refractivity contribution < 1.29 is 32.9 Å². The van der Waals surface area contributed by atoms with Gasteiger partial charge in [-0.2, -0.15) is 15.3 Å². The van der Waals surface area contributed by atoms with Crippen molar-refractivity contribution in [3.8, 4) is 28.4 Å². The smallest absolute Gasteiger partial charge is 0.354 e.